The molecule has 5 atom stereocenters. The number of amides is 1. The van der Waals surface area contributed by atoms with Crippen LogP contribution in [-0.2, 0) is 32.5 Å². The highest BCUT2D eigenvalue weighted by Gasteiger charge is 2.48. The summed E-state index contributed by atoms with van der Waals surface area (Å²) in [5, 5.41) is -0.0600. The van der Waals surface area contributed by atoms with E-state index in [2.05, 4.69) is 31.6 Å². The van der Waals surface area contributed by atoms with Gasteiger partial charge >= 0.3 is 0 Å². The van der Waals surface area contributed by atoms with Crippen LogP contribution in [0.5, 0.6) is 5.75 Å². The van der Waals surface area contributed by atoms with Crippen LogP contribution in [0.15, 0.2) is 48.6 Å². The third kappa shape index (κ3) is 8.05. The summed E-state index contributed by atoms with van der Waals surface area (Å²) in [6.45, 7) is 12.0. The molecule has 5 aliphatic rings. The number of sulfonamides is 1. The third-order valence-electron chi connectivity index (χ3n) is 12.6. The standard InChI is InChI=1S/C40H55ClN4O6S/c1-28-7-6-15-40(49-3,27-43-17-19-44(20-18-43)35-25-50-26-35)36-13-10-32(36)23-45-16-5-4-8-30-21-34(41)12-9-33(30)24-51-38-14-11-31(22-37(38)45)39(46)42-52(47,48)29(28)2/h6,9,11-12,14-15,21-22,28-29,32,35-36H,4-5,7-8,10,13,16-20,23-27H2,1-3H3,(H,42,46)/b15-6+/t28-,29+,32-,36+,40-/m0/s1. The van der Waals surface area contributed by atoms with Crippen LogP contribution in [0.1, 0.15) is 67.4 Å². The Bertz CT molecular complexity index is 1730. The maximum atomic E-state index is 13.6. The van der Waals surface area contributed by atoms with Crippen molar-refractivity contribution >= 4 is 33.2 Å². The number of aryl methyl sites for hydroxylation is 1. The van der Waals surface area contributed by atoms with Crippen molar-refractivity contribution in [2.24, 2.45) is 17.8 Å². The molecule has 0 spiro atoms. The van der Waals surface area contributed by atoms with E-state index in [9.17, 15) is 13.2 Å². The number of piperazine rings is 1. The van der Waals surface area contributed by atoms with Crippen LogP contribution in [-0.4, -0.2) is 107 Å². The molecule has 2 aromatic rings. The minimum Gasteiger partial charge on any atom is -0.487 e. The molecular weight excluding hydrogens is 700 g/mol. The summed E-state index contributed by atoms with van der Waals surface area (Å²) in [6.07, 6.45) is 9.90. The van der Waals surface area contributed by atoms with Crippen molar-refractivity contribution in [1.82, 2.24) is 14.5 Å². The molecule has 1 saturated carbocycles. The van der Waals surface area contributed by atoms with E-state index in [1.54, 1.807) is 13.0 Å². The van der Waals surface area contributed by atoms with Crippen LogP contribution >= 0.6 is 11.6 Å². The number of hydrogen-bond donors (Lipinski definition) is 1. The van der Waals surface area contributed by atoms with E-state index in [1.807, 2.05) is 44.4 Å². The van der Waals surface area contributed by atoms with Gasteiger partial charge in [0.05, 0.1) is 30.2 Å². The average Bonchev–Trinajstić information content (AvgIpc) is 3.12. The molecule has 2 saturated heterocycles. The van der Waals surface area contributed by atoms with Gasteiger partial charge in [0, 0.05) is 63.5 Å². The molecule has 12 heteroatoms. The number of ether oxygens (including phenoxy) is 3. The van der Waals surface area contributed by atoms with Crippen LogP contribution in [0.3, 0.4) is 0 Å². The summed E-state index contributed by atoms with van der Waals surface area (Å²) in [5.74, 6) is 0.464. The molecule has 0 unspecified atom stereocenters. The Morgan fingerprint density at radius 2 is 1.81 bits per heavy atom. The predicted molar refractivity (Wildman–Crippen MR) is 205 cm³/mol. The Kier molecular flexibility index (Phi) is 11.6. The monoisotopic (exact) mass is 754 g/mol. The van der Waals surface area contributed by atoms with Crippen molar-refractivity contribution in [1.29, 1.82) is 0 Å². The van der Waals surface area contributed by atoms with Crippen LogP contribution in [0.25, 0.3) is 0 Å². The number of hydrogen-bond acceptors (Lipinski definition) is 9. The van der Waals surface area contributed by atoms with Crippen molar-refractivity contribution < 1.29 is 27.4 Å². The van der Waals surface area contributed by atoms with Crippen LogP contribution in [0.2, 0.25) is 5.02 Å². The molecule has 7 rings (SSSR count). The number of methoxy groups -OCH3 is 1. The summed E-state index contributed by atoms with van der Waals surface area (Å²) in [5.41, 5.74) is 2.88. The quantitative estimate of drug-likeness (QED) is 0.404. The fourth-order valence-corrected chi connectivity index (χ4v) is 10.2. The molecule has 3 fully saturated rings. The van der Waals surface area contributed by atoms with Gasteiger partial charge in [0.2, 0.25) is 10.0 Å². The molecule has 52 heavy (non-hydrogen) atoms. The maximum absolute atomic E-state index is 13.6. The first-order valence-electron chi connectivity index (χ1n) is 19.2. The lowest BCUT2D eigenvalue weighted by molar-refractivity contribution is -0.107. The van der Waals surface area contributed by atoms with Crippen molar-refractivity contribution in [3.63, 3.8) is 0 Å². The van der Waals surface area contributed by atoms with E-state index in [0.717, 1.165) is 107 Å². The average molecular weight is 755 g/mol. The van der Waals surface area contributed by atoms with E-state index in [-0.39, 0.29) is 11.8 Å². The largest absolute Gasteiger partial charge is 0.487 e. The lowest BCUT2D eigenvalue weighted by Gasteiger charge is -2.52. The smallest absolute Gasteiger partial charge is 0.264 e. The number of halogens is 1. The van der Waals surface area contributed by atoms with Gasteiger partial charge in [0.15, 0.2) is 0 Å². The molecular formula is C40H55ClN4O6S. The van der Waals surface area contributed by atoms with Gasteiger partial charge in [-0.25, -0.2) is 13.1 Å². The third-order valence-corrected chi connectivity index (χ3v) is 14.7. The van der Waals surface area contributed by atoms with Gasteiger partial charge < -0.3 is 19.1 Å². The maximum Gasteiger partial charge on any atom is 0.264 e. The summed E-state index contributed by atoms with van der Waals surface area (Å²) in [4.78, 5) is 21.1. The second-order valence-corrected chi connectivity index (χ2v) is 18.2. The Morgan fingerprint density at radius 3 is 2.52 bits per heavy atom. The number of fused-ring (bicyclic) bond motifs is 3. The van der Waals surface area contributed by atoms with Gasteiger partial charge in [0.25, 0.3) is 5.91 Å². The van der Waals surface area contributed by atoms with Crippen molar-refractivity contribution in [3.05, 3.63) is 70.3 Å². The topological polar surface area (TPSA) is 101 Å². The molecule has 10 nitrogen and oxygen atoms in total. The lowest BCUT2D eigenvalue weighted by atomic mass is 9.63. The van der Waals surface area contributed by atoms with E-state index in [0.29, 0.717) is 36.3 Å². The number of carbonyl (C=O) groups is 1. The molecule has 0 aromatic heterocycles. The van der Waals surface area contributed by atoms with E-state index in [1.165, 1.54) is 5.56 Å². The van der Waals surface area contributed by atoms with Crippen LogP contribution < -0.4 is 14.4 Å². The highest BCUT2D eigenvalue weighted by molar-refractivity contribution is 7.90. The zero-order chi connectivity index (χ0) is 36.5. The predicted octanol–water partition coefficient (Wildman–Crippen LogP) is 5.53. The SMILES string of the molecule is CO[C@]1(CN2CCN(C3COC3)CC2)/C=C/C[C@H](C)[C@@H](C)S(=O)(=O)NC(=O)c2ccc3c(c2)N(CCCCc2cc(Cl)ccc2CO3)C[C@@H]2CC[C@H]21. The Morgan fingerprint density at radius 1 is 1.00 bits per heavy atom. The fraction of sp³-hybridized carbons (Fsp3) is 0.625. The number of allylic oxidation sites excluding steroid dienone is 1. The summed E-state index contributed by atoms with van der Waals surface area (Å²) in [6, 6.07) is 11.8. The van der Waals surface area contributed by atoms with Crippen molar-refractivity contribution in [2.75, 3.05) is 71.0 Å². The molecule has 0 radical (unpaired) electrons. The second kappa shape index (κ2) is 16.0. The van der Waals surface area contributed by atoms with Gasteiger partial charge in [-0.3, -0.25) is 14.6 Å². The van der Waals surface area contributed by atoms with Gasteiger partial charge in [0.1, 0.15) is 18.0 Å². The summed E-state index contributed by atoms with van der Waals surface area (Å²) < 4.78 is 48.2. The highest BCUT2D eigenvalue weighted by atomic mass is 35.5. The number of benzene rings is 2. The molecule has 2 aromatic carbocycles. The Balaban J connectivity index is 1.23. The van der Waals surface area contributed by atoms with Crippen LogP contribution in [0.4, 0.5) is 5.69 Å². The molecule has 1 amide bonds. The van der Waals surface area contributed by atoms with Gasteiger partial charge in [-0.15, -0.1) is 0 Å². The van der Waals surface area contributed by atoms with Crippen molar-refractivity contribution in [3.8, 4) is 5.75 Å². The first kappa shape index (κ1) is 37.6. The first-order chi connectivity index (χ1) is 25.0. The fourth-order valence-electron chi connectivity index (χ4n) is 8.70. The highest BCUT2D eigenvalue weighted by Crippen LogP contribution is 2.47. The number of rotatable bonds is 4. The molecule has 4 heterocycles. The summed E-state index contributed by atoms with van der Waals surface area (Å²) in [7, 11) is -2.11. The minimum atomic E-state index is -3.95. The second-order valence-electron chi connectivity index (χ2n) is 15.7. The zero-order valence-corrected chi connectivity index (χ0v) is 32.5. The lowest BCUT2D eigenvalue weighted by Crippen LogP contribution is -2.61. The van der Waals surface area contributed by atoms with Crippen molar-refractivity contribution in [2.45, 2.75) is 75.9 Å². The van der Waals surface area contributed by atoms with Crippen LogP contribution in [0, 0.1) is 17.8 Å². The normalized spacial score (nSPS) is 31.4. The molecule has 4 aliphatic heterocycles. The molecule has 1 aliphatic carbocycles. The zero-order valence-electron chi connectivity index (χ0n) is 30.9. The summed E-state index contributed by atoms with van der Waals surface area (Å²) >= 11 is 6.40. The molecule has 284 valence electrons. The molecule has 2 bridgehead atoms. The first-order valence-corrected chi connectivity index (χ1v) is 21.1. The van der Waals surface area contributed by atoms with E-state index < -0.39 is 26.8 Å². The number of anilines is 1. The van der Waals surface area contributed by atoms with Gasteiger partial charge in [-0.1, -0.05) is 36.7 Å². The van der Waals surface area contributed by atoms with Gasteiger partial charge in [-0.2, -0.15) is 0 Å². The van der Waals surface area contributed by atoms with E-state index >= 15 is 0 Å². The van der Waals surface area contributed by atoms with E-state index in [4.69, 9.17) is 25.8 Å². The number of carbonyl (C=O) groups excluding carboxylic acids is 1. The number of nitrogens with one attached hydrogen (secondary N) is 1. The Labute approximate surface area is 314 Å². The minimum absolute atomic E-state index is 0.219. The molecule has 1 N–H and O–H groups in total. The Hall–Kier alpha value is -2.67. The van der Waals surface area contributed by atoms with Gasteiger partial charge in [-0.05, 0) is 105 Å². The number of nitrogens with zero attached hydrogens (tertiary/aromatic N) is 3.